The van der Waals surface area contributed by atoms with Crippen LogP contribution in [0.5, 0.6) is 17.2 Å². The molecule has 0 fully saturated rings. The fourth-order valence-electron chi connectivity index (χ4n) is 3.53. The average molecular weight is 400 g/mol. The van der Waals surface area contributed by atoms with Crippen molar-refractivity contribution in [2.75, 3.05) is 21.3 Å². The van der Waals surface area contributed by atoms with Crippen molar-refractivity contribution in [1.29, 1.82) is 0 Å². The van der Waals surface area contributed by atoms with Crippen molar-refractivity contribution in [2.24, 2.45) is 0 Å². The second-order valence-electron chi connectivity index (χ2n) is 6.85. The highest BCUT2D eigenvalue weighted by Gasteiger charge is 2.17. The minimum Gasteiger partial charge on any atom is -0.497 e. The molecule has 0 aliphatic rings. The first-order chi connectivity index (χ1) is 14.7. The van der Waals surface area contributed by atoms with Crippen LogP contribution >= 0.6 is 0 Å². The molecular formula is C25H24N2O3. The van der Waals surface area contributed by atoms with E-state index in [9.17, 15) is 0 Å². The highest BCUT2D eigenvalue weighted by Crippen LogP contribution is 2.37. The Morgan fingerprint density at radius 3 is 2.10 bits per heavy atom. The third-order valence-corrected chi connectivity index (χ3v) is 5.05. The van der Waals surface area contributed by atoms with Crippen LogP contribution in [0.4, 0.5) is 0 Å². The van der Waals surface area contributed by atoms with E-state index in [0.717, 1.165) is 28.3 Å². The summed E-state index contributed by atoms with van der Waals surface area (Å²) in [6.45, 7) is 0.716. The second-order valence-corrected chi connectivity index (χ2v) is 6.85. The molecule has 0 aliphatic heterocycles. The van der Waals surface area contributed by atoms with Gasteiger partial charge in [-0.25, -0.2) is 4.98 Å². The predicted molar refractivity (Wildman–Crippen MR) is 118 cm³/mol. The van der Waals surface area contributed by atoms with E-state index in [1.807, 2.05) is 67.0 Å². The number of benzene rings is 3. The first kappa shape index (κ1) is 19.6. The van der Waals surface area contributed by atoms with Gasteiger partial charge in [0.25, 0.3) is 0 Å². The van der Waals surface area contributed by atoms with Crippen molar-refractivity contribution in [3.8, 4) is 39.8 Å². The Bertz CT molecular complexity index is 1120. The van der Waals surface area contributed by atoms with Gasteiger partial charge in [-0.15, -0.1) is 0 Å². The number of hydrogen-bond acceptors (Lipinski definition) is 4. The first-order valence-electron chi connectivity index (χ1n) is 9.69. The maximum absolute atomic E-state index is 5.54. The van der Waals surface area contributed by atoms with Crippen LogP contribution in [0.1, 0.15) is 5.56 Å². The number of methoxy groups -OCH3 is 3. The number of rotatable bonds is 7. The highest BCUT2D eigenvalue weighted by molar-refractivity contribution is 5.80. The minimum absolute atomic E-state index is 0.683. The van der Waals surface area contributed by atoms with Crippen molar-refractivity contribution >= 4 is 0 Å². The molecule has 0 aliphatic carbocycles. The summed E-state index contributed by atoms with van der Waals surface area (Å²) in [7, 11) is 4.95. The van der Waals surface area contributed by atoms with Crippen LogP contribution in [0.15, 0.2) is 79.1 Å². The topological polar surface area (TPSA) is 45.5 Å². The first-order valence-corrected chi connectivity index (χ1v) is 9.69. The van der Waals surface area contributed by atoms with Gasteiger partial charge >= 0.3 is 0 Å². The predicted octanol–water partition coefficient (Wildman–Crippen LogP) is 5.29. The van der Waals surface area contributed by atoms with Crippen molar-refractivity contribution < 1.29 is 14.2 Å². The van der Waals surface area contributed by atoms with Gasteiger partial charge in [0.05, 0.1) is 39.0 Å². The van der Waals surface area contributed by atoms with E-state index in [-0.39, 0.29) is 0 Å². The van der Waals surface area contributed by atoms with Gasteiger partial charge in [-0.3, -0.25) is 0 Å². The molecule has 0 atom stereocenters. The van der Waals surface area contributed by atoms with Crippen LogP contribution in [0.25, 0.3) is 22.5 Å². The summed E-state index contributed by atoms with van der Waals surface area (Å²) in [6.07, 6.45) is 1.89. The third-order valence-electron chi connectivity index (χ3n) is 5.05. The number of ether oxygens (including phenoxy) is 3. The SMILES string of the molecule is COc1ccc(-c2ncn(Cc3ccccc3)c2-c2ccc(OC)c(OC)c2)cc1. The minimum atomic E-state index is 0.683. The zero-order chi connectivity index (χ0) is 20.9. The van der Waals surface area contributed by atoms with Crippen LogP contribution in [-0.2, 0) is 6.54 Å². The van der Waals surface area contributed by atoms with E-state index in [4.69, 9.17) is 19.2 Å². The zero-order valence-corrected chi connectivity index (χ0v) is 17.3. The summed E-state index contributed by atoms with van der Waals surface area (Å²) in [5.74, 6) is 2.19. The molecule has 0 radical (unpaired) electrons. The lowest BCUT2D eigenvalue weighted by Crippen LogP contribution is -2.01. The fourth-order valence-corrected chi connectivity index (χ4v) is 3.53. The quantitative estimate of drug-likeness (QED) is 0.423. The van der Waals surface area contributed by atoms with Gasteiger partial charge in [0.15, 0.2) is 11.5 Å². The molecule has 0 unspecified atom stereocenters. The summed E-state index contributed by atoms with van der Waals surface area (Å²) in [4.78, 5) is 4.76. The molecule has 0 amide bonds. The molecule has 4 aromatic rings. The van der Waals surface area contributed by atoms with Crippen LogP contribution in [0.3, 0.4) is 0 Å². The maximum atomic E-state index is 5.54. The lowest BCUT2D eigenvalue weighted by molar-refractivity contribution is 0.355. The molecule has 0 saturated heterocycles. The van der Waals surface area contributed by atoms with Crippen molar-refractivity contribution in [2.45, 2.75) is 6.54 Å². The molecule has 4 rings (SSSR count). The molecule has 0 bridgehead atoms. The Balaban J connectivity index is 1.85. The molecule has 0 saturated carbocycles. The molecule has 5 heteroatoms. The second kappa shape index (κ2) is 8.74. The van der Waals surface area contributed by atoms with E-state index in [1.54, 1.807) is 21.3 Å². The Morgan fingerprint density at radius 1 is 0.733 bits per heavy atom. The third kappa shape index (κ3) is 3.87. The standard InChI is InChI=1S/C25H24N2O3/c1-28-21-12-9-19(10-13-21)24-25(20-11-14-22(29-2)23(15-20)30-3)27(17-26-24)16-18-7-5-4-6-8-18/h4-15,17H,16H2,1-3H3. The van der Waals surface area contributed by atoms with Crippen LogP contribution in [0, 0.1) is 0 Å². The summed E-state index contributed by atoms with van der Waals surface area (Å²) in [6, 6.07) is 24.2. The monoisotopic (exact) mass is 400 g/mol. The number of nitrogens with zero attached hydrogens (tertiary/aromatic N) is 2. The van der Waals surface area contributed by atoms with Crippen LogP contribution in [-0.4, -0.2) is 30.9 Å². The molecule has 0 N–H and O–H groups in total. The summed E-state index contributed by atoms with van der Waals surface area (Å²) in [5.41, 5.74) is 5.16. The molecular weight excluding hydrogens is 376 g/mol. The molecule has 3 aromatic carbocycles. The maximum Gasteiger partial charge on any atom is 0.161 e. The lowest BCUT2D eigenvalue weighted by atomic mass is 10.0. The number of imidazole rings is 1. The Hall–Kier alpha value is -3.73. The van der Waals surface area contributed by atoms with Gasteiger partial charge in [0.1, 0.15) is 5.75 Å². The van der Waals surface area contributed by atoms with Crippen molar-refractivity contribution in [3.05, 3.63) is 84.7 Å². The van der Waals surface area contributed by atoms with E-state index < -0.39 is 0 Å². The molecule has 1 aromatic heterocycles. The van der Waals surface area contributed by atoms with Gasteiger partial charge in [-0.2, -0.15) is 0 Å². The fraction of sp³-hybridized carbons (Fsp3) is 0.160. The zero-order valence-electron chi connectivity index (χ0n) is 17.3. The number of hydrogen-bond donors (Lipinski definition) is 0. The average Bonchev–Trinajstić information content (AvgIpc) is 3.22. The van der Waals surface area contributed by atoms with Crippen molar-refractivity contribution in [1.82, 2.24) is 9.55 Å². The molecule has 1 heterocycles. The molecule has 5 nitrogen and oxygen atoms in total. The van der Waals surface area contributed by atoms with E-state index >= 15 is 0 Å². The van der Waals surface area contributed by atoms with Crippen LogP contribution < -0.4 is 14.2 Å². The number of aromatic nitrogens is 2. The summed E-state index contributed by atoms with van der Waals surface area (Å²) in [5, 5.41) is 0. The van der Waals surface area contributed by atoms with E-state index in [2.05, 4.69) is 16.7 Å². The Labute approximate surface area is 176 Å². The smallest absolute Gasteiger partial charge is 0.161 e. The largest absolute Gasteiger partial charge is 0.497 e. The van der Waals surface area contributed by atoms with E-state index in [0.29, 0.717) is 18.0 Å². The Kier molecular flexibility index (Phi) is 5.70. The van der Waals surface area contributed by atoms with Gasteiger partial charge in [0.2, 0.25) is 0 Å². The van der Waals surface area contributed by atoms with Gasteiger partial charge < -0.3 is 18.8 Å². The molecule has 0 spiro atoms. The summed E-state index contributed by atoms with van der Waals surface area (Å²) < 4.78 is 18.4. The van der Waals surface area contributed by atoms with Gasteiger partial charge in [0, 0.05) is 17.7 Å². The van der Waals surface area contributed by atoms with E-state index in [1.165, 1.54) is 5.56 Å². The van der Waals surface area contributed by atoms with Crippen LogP contribution in [0.2, 0.25) is 0 Å². The normalized spacial score (nSPS) is 10.6. The lowest BCUT2D eigenvalue weighted by Gasteiger charge is -2.14. The highest BCUT2D eigenvalue weighted by atomic mass is 16.5. The van der Waals surface area contributed by atoms with Crippen molar-refractivity contribution in [3.63, 3.8) is 0 Å². The Morgan fingerprint density at radius 2 is 1.43 bits per heavy atom. The summed E-state index contributed by atoms with van der Waals surface area (Å²) >= 11 is 0. The van der Waals surface area contributed by atoms with Gasteiger partial charge in [-0.1, -0.05) is 30.3 Å². The molecule has 30 heavy (non-hydrogen) atoms. The van der Waals surface area contributed by atoms with Gasteiger partial charge in [-0.05, 0) is 48.0 Å². The molecule has 152 valence electrons.